The predicted octanol–water partition coefficient (Wildman–Crippen LogP) is 6.01. The molecule has 6 nitrogen and oxygen atoms in total. The summed E-state index contributed by atoms with van der Waals surface area (Å²) >= 11 is 0. The summed E-state index contributed by atoms with van der Waals surface area (Å²) < 4.78 is 6.19. The van der Waals surface area contributed by atoms with Crippen molar-refractivity contribution in [3.8, 4) is 0 Å². The third-order valence-electron chi connectivity index (χ3n) is 6.41. The third-order valence-corrected chi connectivity index (χ3v) is 6.41. The Labute approximate surface area is 250 Å². The first kappa shape index (κ1) is 32.0. The Bertz CT molecular complexity index is 1260. The molecule has 0 aliphatic carbocycles. The average Bonchev–Trinajstić information content (AvgIpc) is 3.55. The Hall–Kier alpha value is -3.18. The first-order valence-corrected chi connectivity index (χ1v) is 13.3. The van der Waals surface area contributed by atoms with Crippen LogP contribution in [0.4, 0.5) is 0 Å². The molecule has 0 saturated carbocycles. The second kappa shape index (κ2) is 15.4. The van der Waals surface area contributed by atoms with Gasteiger partial charge in [0.2, 0.25) is 0 Å². The van der Waals surface area contributed by atoms with Gasteiger partial charge >= 0.3 is 28.2 Å². The second-order valence-electron chi connectivity index (χ2n) is 9.68. The van der Waals surface area contributed by atoms with Crippen molar-refractivity contribution in [3.05, 3.63) is 131 Å². The monoisotopic (exact) mass is 703 g/mol. The van der Waals surface area contributed by atoms with Gasteiger partial charge in [-0.15, -0.1) is 0 Å². The fourth-order valence-corrected chi connectivity index (χ4v) is 4.56. The van der Waals surface area contributed by atoms with Crippen LogP contribution < -0.4 is 0 Å². The number of rotatable bonds is 5. The van der Waals surface area contributed by atoms with Crippen LogP contribution in [0.3, 0.4) is 0 Å². The van der Waals surface area contributed by atoms with Crippen molar-refractivity contribution in [1.29, 1.82) is 0 Å². The molecule has 0 amide bonds. The summed E-state index contributed by atoms with van der Waals surface area (Å²) in [5.74, 6) is 0. The first-order valence-electron chi connectivity index (χ1n) is 13.3. The van der Waals surface area contributed by atoms with Gasteiger partial charge in [-0.05, 0) is 88.8 Å². The van der Waals surface area contributed by atoms with Crippen LogP contribution in [0.25, 0.3) is 0 Å². The predicted molar refractivity (Wildman–Crippen MR) is 160 cm³/mol. The molecule has 0 atom stereocenters. The molecule has 2 aromatic carbocycles. The Balaban J connectivity index is 0.000000367. The maximum atomic E-state index is 4.70. The standard InChI is InChI=1S/C15H22BN6.C8H10.C8H8.Pt.H/c1-10-7-13(4)20(17-10)16(21-14(5)8-11(2)18-21)22-15(6)9-12(3)19-22;2*1-2-8-6-4-3-5-7-8;;/h7-9,16H,1-6H3;3-7H,2H2,1H3;3-6H,1-2H2;;/q-1;;-2;+4;-1. The molecule has 0 bridgehead atoms. The SMILES string of the molecule is CCc1ccccc1.Cc1cc(C)n([BH-](n2nc(C)cc2C)n2nc(C)cc2C)n1.[CH2-]Cc1[c-]cccc1.[H-].[Pt+4]. The van der Waals surface area contributed by atoms with Crippen LogP contribution in [0.5, 0.6) is 0 Å². The second-order valence-corrected chi connectivity index (χ2v) is 9.68. The minimum atomic E-state index is -1.26. The number of nitrogens with zero attached hydrogens (tertiary/aromatic N) is 6. The van der Waals surface area contributed by atoms with Gasteiger partial charge in [-0.25, -0.2) is 15.3 Å². The van der Waals surface area contributed by atoms with E-state index in [9.17, 15) is 0 Å². The molecule has 0 aliphatic heterocycles. The maximum absolute atomic E-state index is 4.70. The quantitative estimate of drug-likeness (QED) is 0.167. The molecular formula is C31H41BN6Pt. The fraction of sp³-hybridized carbons (Fsp3) is 0.290. The minimum absolute atomic E-state index is 0. The van der Waals surface area contributed by atoms with E-state index >= 15 is 0 Å². The van der Waals surface area contributed by atoms with E-state index in [2.05, 4.69) is 96.9 Å². The van der Waals surface area contributed by atoms with E-state index in [0.29, 0.717) is 0 Å². The Morgan fingerprint density at radius 1 is 0.718 bits per heavy atom. The molecule has 0 aliphatic rings. The molecule has 0 saturated heterocycles. The van der Waals surface area contributed by atoms with Crippen molar-refractivity contribution in [2.75, 3.05) is 0 Å². The van der Waals surface area contributed by atoms with E-state index in [1.165, 1.54) is 11.1 Å². The van der Waals surface area contributed by atoms with Gasteiger partial charge in [0.05, 0.1) is 17.1 Å². The van der Waals surface area contributed by atoms with E-state index in [4.69, 9.17) is 15.3 Å². The molecule has 3 aromatic heterocycles. The van der Waals surface area contributed by atoms with E-state index in [1.807, 2.05) is 51.1 Å². The summed E-state index contributed by atoms with van der Waals surface area (Å²) in [6.07, 6.45) is 1.97. The average molecular weight is 704 g/mol. The molecule has 39 heavy (non-hydrogen) atoms. The van der Waals surface area contributed by atoms with Gasteiger partial charge < -0.3 is 22.1 Å². The zero-order chi connectivity index (χ0) is 27.7. The molecule has 5 aromatic rings. The van der Waals surface area contributed by atoms with E-state index < -0.39 is 7.12 Å². The molecule has 0 spiro atoms. The topological polar surface area (TPSA) is 53.5 Å². The van der Waals surface area contributed by atoms with Crippen LogP contribution in [-0.2, 0) is 33.9 Å². The van der Waals surface area contributed by atoms with Gasteiger partial charge in [-0.3, -0.25) is 0 Å². The normalized spacial score (nSPS) is 10.3. The van der Waals surface area contributed by atoms with E-state index in [-0.39, 0.29) is 22.5 Å². The smallest absolute Gasteiger partial charge is 1.00 e. The summed E-state index contributed by atoms with van der Waals surface area (Å²) in [5, 5.41) is 14.1. The molecule has 0 N–H and O–H groups in total. The summed E-state index contributed by atoms with van der Waals surface area (Å²) in [6, 6.07) is 27.7. The fourth-order valence-electron chi connectivity index (χ4n) is 4.56. The van der Waals surface area contributed by atoms with Gasteiger partial charge in [0.1, 0.15) is 0 Å². The van der Waals surface area contributed by atoms with Gasteiger partial charge in [0.15, 0.2) is 0 Å². The molecule has 208 valence electrons. The molecule has 8 heteroatoms. The van der Waals surface area contributed by atoms with Crippen molar-refractivity contribution in [2.24, 2.45) is 0 Å². The van der Waals surface area contributed by atoms with E-state index in [1.54, 1.807) is 0 Å². The maximum Gasteiger partial charge on any atom is 4.00 e. The van der Waals surface area contributed by atoms with Crippen molar-refractivity contribution in [1.82, 2.24) is 29.1 Å². The zero-order valence-electron chi connectivity index (χ0n) is 25.3. The van der Waals surface area contributed by atoms with Crippen molar-refractivity contribution >= 4 is 7.12 Å². The number of aromatic nitrogens is 6. The van der Waals surface area contributed by atoms with Crippen molar-refractivity contribution in [3.63, 3.8) is 0 Å². The van der Waals surface area contributed by atoms with Crippen LogP contribution in [0.1, 0.15) is 53.6 Å². The van der Waals surface area contributed by atoms with Crippen LogP contribution >= 0.6 is 0 Å². The Morgan fingerprint density at radius 3 is 1.41 bits per heavy atom. The van der Waals surface area contributed by atoms with Crippen molar-refractivity contribution < 1.29 is 22.5 Å². The van der Waals surface area contributed by atoms with Crippen molar-refractivity contribution in [2.45, 2.75) is 61.3 Å². The summed E-state index contributed by atoms with van der Waals surface area (Å²) in [4.78, 5) is 0. The molecule has 0 fully saturated rings. The number of aryl methyl sites for hydroxylation is 7. The molecule has 3 heterocycles. The molecule has 0 radical (unpaired) electrons. The Morgan fingerprint density at radius 2 is 1.15 bits per heavy atom. The molecular weight excluding hydrogens is 662 g/mol. The molecule has 5 rings (SSSR count). The van der Waals surface area contributed by atoms with Crippen LogP contribution in [0, 0.1) is 54.5 Å². The minimum Gasteiger partial charge on any atom is -1.00 e. The third kappa shape index (κ3) is 8.93. The largest absolute Gasteiger partial charge is 4.00 e. The number of hydrogen-bond donors (Lipinski definition) is 0. The zero-order valence-corrected chi connectivity index (χ0v) is 26.5. The summed E-state index contributed by atoms with van der Waals surface area (Å²) in [7, 11) is -1.26. The molecule has 0 unspecified atom stereocenters. The van der Waals surface area contributed by atoms with Gasteiger partial charge in [-0.1, -0.05) is 37.3 Å². The van der Waals surface area contributed by atoms with E-state index in [0.717, 1.165) is 47.0 Å². The van der Waals surface area contributed by atoms with Crippen LogP contribution in [0.2, 0.25) is 0 Å². The van der Waals surface area contributed by atoms with Crippen LogP contribution in [0.15, 0.2) is 72.8 Å². The number of hydrogen-bond acceptors (Lipinski definition) is 3. The Kier molecular flexibility index (Phi) is 12.7. The van der Waals surface area contributed by atoms with Gasteiger partial charge in [-0.2, -0.15) is 42.3 Å². The van der Waals surface area contributed by atoms with Crippen LogP contribution in [-0.4, -0.2) is 36.2 Å². The van der Waals surface area contributed by atoms with Gasteiger partial charge in [0, 0.05) is 0 Å². The summed E-state index contributed by atoms with van der Waals surface area (Å²) in [5.41, 5.74) is 8.99. The number of benzene rings is 2. The summed E-state index contributed by atoms with van der Waals surface area (Å²) in [6.45, 7) is 18.2. The first-order chi connectivity index (χ1) is 18.2. The van der Waals surface area contributed by atoms with Gasteiger partial charge in [0.25, 0.3) is 0 Å².